The van der Waals surface area contributed by atoms with Crippen molar-refractivity contribution in [3.63, 3.8) is 0 Å². The fourth-order valence-corrected chi connectivity index (χ4v) is 1.82. The van der Waals surface area contributed by atoms with Gasteiger partial charge in [0.1, 0.15) is 5.75 Å². The van der Waals surface area contributed by atoms with Crippen molar-refractivity contribution in [2.75, 3.05) is 13.7 Å². The maximum Gasteiger partial charge on any atom is 0.346 e. The first-order valence-corrected chi connectivity index (χ1v) is 6.61. The molecule has 0 spiro atoms. The summed E-state index contributed by atoms with van der Waals surface area (Å²) in [5.74, 6) is 0.273. The Morgan fingerprint density at radius 1 is 1.50 bits per heavy atom. The summed E-state index contributed by atoms with van der Waals surface area (Å²) >= 11 is 3.48. The lowest BCUT2D eigenvalue weighted by atomic mass is 10.2. The third-order valence-electron chi connectivity index (χ3n) is 2.43. The normalized spacial score (nSPS) is 12.0. The van der Waals surface area contributed by atoms with E-state index in [0.717, 1.165) is 23.1 Å². The fourth-order valence-electron chi connectivity index (χ4n) is 1.44. The van der Waals surface area contributed by atoms with Crippen LogP contribution in [0.4, 0.5) is 0 Å². The highest BCUT2D eigenvalue weighted by molar-refractivity contribution is 9.10. The molecule has 0 aliphatic heterocycles. The molecule has 100 valence electrons. The number of hydrogen-bond acceptors (Lipinski definition) is 4. The zero-order valence-electron chi connectivity index (χ0n) is 10.8. The smallest absolute Gasteiger partial charge is 0.346 e. The molecule has 0 fully saturated rings. The maximum absolute atomic E-state index is 11.3. The van der Waals surface area contributed by atoms with Gasteiger partial charge in [-0.25, -0.2) is 4.79 Å². The van der Waals surface area contributed by atoms with E-state index in [1.54, 1.807) is 6.92 Å². The molecule has 1 aromatic carbocycles. The lowest BCUT2D eigenvalue weighted by Gasteiger charge is -2.14. The van der Waals surface area contributed by atoms with Gasteiger partial charge in [0, 0.05) is 11.0 Å². The Morgan fingerprint density at radius 2 is 2.22 bits per heavy atom. The van der Waals surface area contributed by atoms with Gasteiger partial charge in [-0.05, 0) is 37.2 Å². The van der Waals surface area contributed by atoms with Crippen molar-refractivity contribution in [1.29, 1.82) is 0 Å². The minimum Gasteiger partial charge on any atom is -0.479 e. The molecule has 1 aromatic rings. The minimum absolute atomic E-state index is 0.383. The molecule has 0 heterocycles. The molecule has 1 unspecified atom stereocenters. The number of halogens is 1. The van der Waals surface area contributed by atoms with Crippen molar-refractivity contribution in [3.8, 4) is 5.75 Å². The number of methoxy groups -OCH3 is 1. The summed E-state index contributed by atoms with van der Waals surface area (Å²) in [6, 6.07) is 5.64. The topological polar surface area (TPSA) is 47.6 Å². The van der Waals surface area contributed by atoms with E-state index in [4.69, 9.17) is 4.74 Å². The second kappa shape index (κ2) is 7.38. The van der Waals surface area contributed by atoms with Crippen LogP contribution < -0.4 is 10.1 Å². The highest BCUT2D eigenvalue weighted by atomic mass is 79.9. The van der Waals surface area contributed by atoms with Crippen molar-refractivity contribution < 1.29 is 14.3 Å². The predicted molar refractivity (Wildman–Crippen MR) is 73.6 cm³/mol. The molecule has 1 atom stereocenters. The Kier molecular flexibility index (Phi) is 6.15. The van der Waals surface area contributed by atoms with Gasteiger partial charge in [-0.1, -0.05) is 22.9 Å². The molecule has 18 heavy (non-hydrogen) atoms. The van der Waals surface area contributed by atoms with E-state index in [9.17, 15) is 4.79 Å². The molecular formula is C13H18BrNO3. The van der Waals surface area contributed by atoms with Gasteiger partial charge in [0.25, 0.3) is 0 Å². The zero-order valence-corrected chi connectivity index (χ0v) is 12.4. The van der Waals surface area contributed by atoms with Gasteiger partial charge in [-0.3, -0.25) is 0 Å². The molecule has 4 nitrogen and oxygen atoms in total. The van der Waals surface area contributed by atoms with Crippen LogP contribution >= 0.6 is 15.9 Å². The highest BCUT2D eigenvalue weighted by Gasteiger charge is 2.15. The molecule has 0 aromatic heterocycles. The van der Waals surface area contributed by atoms with E-state index < -0.39 is 6.10 Å². The van der Waals surface area contributed by atoms with Crippen molar-refractivity contribution in [3.05, 3.63) is 28.2 Å². The van der Waals surface area contributed by atoms with Crippen LogP contribution in [0, 0.1) is 0 Å². The summed E-state index contributed by atoms with van der Waals surface area (Å²) in [6.07, 6.45) is -0.608. The van der Waals surface area contributed by atoms with Gasteiger partial charge < -0.3 is 14.8 Å². The van der Waals surface area contributed by atoms with E-state index in [0.29, 0.717) is 5.75 Å². The number of carbonyl (C=O) groups excluding carboxylic acids is 1. The average Bonchev–Trinajstić information content (AvgIpc) is 2.38. The fraction of sp³-hybridized carbons (Fsp3) is 0.462. The molecule has 5 heteroatoms. The van der Waals surface area contributed by atoms with Crippen molar-refractivity contribution in [2.24, 2.45) is 0 Å². The SMILES string of the molecule is CCNCc1cc(OC(C)C(=O)OC)ccc1Br. The molecule has 0 amide bonds. The molecule has 0 aliphatic rings. The number of nitrogens with one attached hydrogen (secondary N) is 1. The monoisotopic (exact) mass is 315 g/mol. The standard InChI is InChI=1S/C13H18BrNO3/c1-4-15-8-10-7-11(5-6-12(10)14)18-9(2)13(16)17-3/h5-7,9,15H,4,8H2,1-3H3. The first-order valence-electron chi connectivity index (χ1n) is 5.82. The summed E-state index contributed by atoms with van der Waals surface area (Å²) < 4.78 is 11.2. The Bertz CT molecular complexity index is 409. The van der Waals surface area contributed by atoms with Crippen molar-refractivity contribution >= 4 is 21.9 Å². The van der Waals surface area contributed by atoms with Crippen LogP contribution in [-0.4, -0.2) is 25.7 Å². The molecule has 0 saturated heterocycles. The van der Waals surface area contributed by atoms with E-state index in [1.807, 2.05) is 25.1 Å². The number of carbonyl (C=O) groups is 1. The third-order valence-corrected chi connectivity index (χ3v) is 3.20. The van der Waals surface area contributed by atoms with E-state index >= 15 is 0 Å². The van der Waals surface area contributed by atoms with Gasteiger partial charge >= 0.3 is 5.97 Å². The molecule has 0 radical (unpaired) electrons. The van der Waals surface area contributed by atoms with Crippen LogP contribution in [-0.2, 0) is 16.1 Å². The van der Waals surface area contributed by atoms with E-state index in [1.165, 1.54) is 7.11 Å². The highest BCUT2D eigenvalue weighted by Crippen LogP contribution is 2.23. The lowest BCUT2D eigenvalue weighted by Crippen LogP contribution is -2.25. The number of rotatable bonds is 6. The van der Waals surface area contributed by atoms with Crippen LogP contribution in [0.3, 0.4) is 0 Å². The van der Waals surface area contributed by atoms with Gasteiger partial charge in [0.15, 0.2) is 6.10 Å². The average molecular weight is 316 g/mol. The molecule has 0 aliphatic carbocycles. The zero-order chi connectivity index (χ0) is 13.5. The van der Waals surface area contributed by atoms with Crippen LogP contribution in [0.1, 0.15) is 19.4 Å². The molecule has 1 rings (SSSR count). The number of hydrogen-bond donors (Lipinski definition) is 1. The Labute approximate surface area is 116 Å². The summed E-state index contributed by atoms with van der Waals surface area (Å²) in [6.45, 7) is 5.36. The quantitative estimate of drug-likeness (QED) is 0.819. The van der Waals surface area contributed by atoms with Gasteiger partial charge in [0.05, 0.1) is 7.11 Å². The third kappa shape index (κ3) is 4.31. The Morgan fingerprint density at radius 3 is 2.83 bits per heavy atom. The van der Waals surface area contributed by atoms with Gasteiger partial charge in [-0.2, -0.15) is 0 Å². The van der Waals surface area contributed by atoms with Gasteiger partial charge in [-0.15, -0.1) is 0 Å². The second-order valence-corrected chi connectivity index (χ2v) is 4.67. The molecule has 1 N–H and O–H groups in total. The van der Waals surface area contributed by atoms with E-state index in [2.05, 4.69) is 26.0 Å². The Hall–Kier alpha value is -1.07. The van der Waals surface area contributed by atoms with Crippen LogP contribution in [0.25, 0.3) is 0 Å². The summed E-state index contributed by atoms with van der Waals surface area (Å²) in [4.78, 5) is 11.3. The van der Waals surface area contributed by atoms with E-state index in [-0.39, 0.29) is 5.97 Å². The summed E-state index contributed by atoms with van der Waals surface area (Å²) in [7, 11) is 1.35. The Balaban J connectivity index is 2.75. The van der Waals surface area contributed by atoms with Crippen LogP contribution in [0.2, 0.25) is 0 Å². The second-order valence-electron chi connectivity index (χ2n) is 3.82. The van der Waals surface area contributed by atoms with Crippen molar-refractivity contribution in [2.45, 2.75) is 26.5 Å². The molecular weight excluding hydrogens is 298 g/mol. The lowest BCUT2D eigenvalue weighted by molar-refractivity contribution is -0.147. The maximum atomic E-state index is 11.3. The first kappa shape index (κ1) is 15.0. The van der Waals surface area contributed by atoms with Crippen molar-refractivity contribution in [1.82, 2.24) is 5.32 Å². The minimum atomic E-state index is -0.608. The number of esters is 1. The number of ether oxygens (including phenoxy) is 2. The van der Waals surface area contributed by atoms with Crippen LogP contribution in [0.15, 0.2) is 22.7 Å². The largest absolute Gasteiger partial charge is 0.479 e. The number of benzene rings is 1. The van der Waals surface area contributed by atoms with Gasteiger partial charge in [0.2, 0.25) is 0 Å². The summed E-state index contributed by atoms with van der Waals surface area (Å²) in [5.41, 5.74) is 1.09. The molecule has 0 bridgehead atoms. The van der Waals surface area contributed by atoms with Crippen LogP contribution in [0.5, 0.6) is 5.75 Å². The summed E-state index contributed by atoms with van der Waals surface area (Å²) in [5, 5.41) is 3.24. The molecule has 0 saturated carbocycles. The first-order chi connectivity index (χ1) is 8.58. The predicted octanol–water partition coefficient (Wildman–Crippen LogP) is 2.50.